The van der Waals surface area contributed by atoms with Crippen molar-refractivity contribution in [3.05, 3.63) is 67.2 Å². The first kappa shape index (κ1) is 20.2. The first-order chi connectivity index (χ1) is 15.0. The Morgan fingerprint density at radius 1 is 1.06 bits per heavy atom. The van der Waals surface area contributed by atoms with Crippen molar-refractivity contribution >= 4 is 27.5 Å². The number of fused-ring (bicyclic) bond motifs is 3. The number of carbonyl (C=O) groups is 1. The number of hydrogen-bond donors (Lipinski definition) is 0. The Morgan fingerprint density at radius 3 is 2.65 bits per heavy atom. The van der Waals surface area contributed by atoms with Gasteiger partial charge in [0.15, 0.2) is 0 Å². The molecular formula is C24H27N3O3S. The summed E-state index contributed by atoms with van der Waals surface area (Å²) in [5, 5.41) is 0.646. The summed E-state index contributed by atoms with van der Waals surface area (Å²) in [5.74, 6) is -0.0333. The number of aryl methyl sites for hydroxylation is 2. The molecular weight excluding hydrogens is 410 g/mol. The van der Waals surface area contributed by atoms with Crippen LogP contribution in [-0.2, 0) is 30.7 Å². The van der Waals surface area contributed by atoms with Crippen LogP contribution in [0.5, 0.6) is 0 Å². The minimum Gasteiger partial charge on any atom is -0.338 e. The lowest BCUT2D eigenvalue weighted by Gasteiger charge is -2.33. The molecule has 7 heteroatoms. The topological polar surface area (TPSA) is 64.3 Å². The van der Waals surface area contributed by atoms with Crippen molar-refractivity contribution in [3.8, 4) is 0 Å². The molecule has 0 bridgehead atoms. The molecule has 0 unspecified atom stereocenters. The van der Waals surface area contributed by atoms with Gasteiger partial charge in [0.25, 0.3) is 5.56 Å². The van der Waals surface area contributed by atoms with Gasteiger partial charge in [0.2, 0.25) is 5.91 Å². The number of nitrogens with zero attached hydrogens (tertiary/aromatic N) is 3. The Balaban J connectivity index is 1.63. The second-order valence-corrected chi connectivity index (χ2v) is 9.80. The third-order valence-corrected chi connectivity index (χ3v) is 7.98. The van der Waals surface area contributed by atoms with E-state index in [0.717, 1.165) is 56.2 Å². The van der Waals surface area contributed by atoms with E-state index in [1.54, 1.807) is 4.57 Å². The highest BCUT2D eigenvalue weighted by Gasteiger charge is 2.28. The maximum atomic E-state index is 13.5. The molecule has 3 aromatic rings. The fourth-order valence-corrected chi connectivity index (χ4v) is 6.37. The molecule has 162 valence electrons. The van der Waals surface area contributed by atoms with E-state index in [4.69, 9.17) is 0 Å². The molecule has 0 saturated carbocycles. The van der Waals surface area contributed by atoms with Gasteiger partial charge in [-0.15, -0.1) is 11.3 Å². The summed E-state index contributed by atoms with van der Waals surface area (Å²) in [6, 6.07) is 9.74. The highest BCUT2D eigenvalue weighted by molar-refractivity contribution is 7.19. The summed E-state index contributed by atoms with van der Waals surface area (Å²) < 4.78 is 2.88. The van der Waals surface area contributed by atoms with Crippen molar-refractivity contribution in [1.29, 1.82) is 0 Å². The van der Waals surface area contributed by atoms with E-state index in [2.05, 4.69) is 6.92 Å². The van der Waals surface area contributed by atoms with Crippen LogP contribution in [0.25, 0.3) is 10.2 Å². The largest absolute Gasteiger partial charge is 0.338 e. The predicted molar refractivity (Wildman–Crippen MR) is 123 cm³/mol. The average molecular weight is 438 g/mol. The number of aromatic nitrogens is 2. The molecule has 1 aliphatic heterocycles. The van der Waals surface area contributed by atoms with Gasteiger partial charge >= 0.3 is 5.69 Å². The first-order valence-corrected chi connectivity index (χ1v) is 12.0. The molecule has 1 saturated heterocycles. The number of benzene rings is 1. The number of rotatable bonds is 4. The molecule has 0 N–H and O–H groups in total. The quantitative estimate of drug-likeness (QED) is 0.630. The Bertz CT molecular complexity index is 1260. The maximum Gasteiger partial charge on any atom is 0.332 e. The van der Waals surface area contributed by atoms with Crippen LogP contribution < -0.4 is 11.2 Å². The molecule has 3 heterocycles. The highest BCUT2D eigenvalue weighted by atomic mass is 32.1. The second-order valence-electron chi connectivity index (χ2n) is 8.72. The number of piperidine rings is 1. The normalized spacial score (nSPS) is 18.5. The van der Waals surface area contributed by atoms with Gasteiger partial charge in [-0.2, -0.15) is 0 Å². The number of hydrogen-bond acceptors (Lipinski definition) is 4. The van der Waals surface area contributed by atoms with Crippen molar-refractivity contribution in [1.82, 2.24) is 14.0 Å². The lowest BCUT2D eigenvalue weighted by atomic mass is 10.0. The molecule has 6 nitrogen and oxygen atoms in total. The Kier molecular flexibility index (Phi) is 5.30. The standard InChI is InChI=1S/C24H27N3O3S/c1-16-8-5-6-13-25(16)20(28)15-27-23-21(18-11-7-12-19(18)31-23)22(29)26(24(27)30)14-17-9-3-2-4-10-17/h2-4,9-10,16H,5-8,11-15H2,1H3/t16-/m0/s1. The van der Waals surface area contributed by atoms with Crippen molar-refractivity contribution in [2.75, 3.05) is 6.54 Å². The van der Waals surface area contributed by atoms with Gasteiger partial charge in [0.1, 0.15) is 11.4 Å². The Labute approximate surface area is 184 Å². The van der Waals surface area contributed by atoms with Crippen LogP contribution in [0.4, 0.5) is 0 Å². The molecule has 2 aromatic heterocycles. The van der Waals surface area contributed by atoms with E-state index in [9.17, 15) is 14.4 Å². The van der Waals surface area contributed by atoms with Gasteiger partial charge in [-0.25, -0.2) is 4.79 Å². The van der Waals surface area contributed by atoms with Crippen LogP contribution in [0, 0.1) is 0 Å². The lowest BCUT2D eigenvalue weighted by Crippen LogP contribution is -2.47. The minimum absolute atomic E-state index is 0.00582. The smallest absolute Gasteiger partial charge is 0.332 e. The third-order valence-electron chi connectivity index (χ3n) is 6.67. The van der Waals surface area contributed by atoms with Crippen molar-refractivity contribution in [2.24, 2.45) is 0 Å². The molecule has 5 rings (SSSR count). The number of thiophene rings is 1. The van der Waals surface area contributed by atoms with E-state index in [1.165, 1.54) is 20.8 Å². The molecule has 1 fully saturated rings. The van der Waals surface area contributed by atoms with Crippen molar-refractivity contribution in [3.63, 3.8) is 0 Å². The molecule has 2 aliphatic rings. The Hall–Kier alpha value is -2.67. The van der Waals surface area contributed by atoms with E-state index < -0.39 is 0 Å². The second kappa shape index (κ2) is 8.11. The lowest BCUT2D eigenvalue weighted by molar-refractivity contribution is -0.135. The molecule has 0 radical (unpaired) electrons. The molecule has 31 heavy (non-hydrogen) atoms. The molecule has 0 spiro atoms. The molecule has 1 aromatic carbocycles. The summed E-state index contributed by atoms with van der Waals surface area (Å²) in [5.41, 5.74) is 1.37. The van der Waals surface area contributed by atoms with Gasteiger partial charge in [-0.3, -0.25) is 18.7 Å². The summed E-state index contributed by atoms with van der Waals surface area (Å²) >= 11 is 1.52. The van der Waals surface area contributed by atoms with Crippen molar-refractivity contribution < 1.29 is 4.79 Å². The van der Waals surface area contributed by atoms with Gasteiger partial charge in [-0.05, 0) is 56.6 Å². The zero-order valence-electron chi connectivity index (χ0n) is 17.8. The Morgan fingerprint density at radius 2 is 1.87 bits per heavy atom. The first-order valence-electron chi connectivity index (χ1n) is 11.2. The monoisotopic (exact) mass is 437 g/mol. The van der Waals surface area contributed by atoms with E-state index in [0.29, 0.717) is 10.2 Å². The third kappa shape index (κ3) is 3.55. The van der Waals surface area contributed by atoms with E-state index in [1.807, 2.05) is 35.2 Å². The van der Waals surface area contributed by atoms with E-state index in [-0.39, 0.29) is 36.3 Å². The molecule has 1 atom stereocenters. The summed E-state index contributed by atoms with van der Waals surface area (Å²) in [6.07, 6.45) is 5.98. The van der Waals surface area contributed by atoms with Gasteiger partial charge < -0.3 is 4.90 Å². The number of carbonyl (C=O) groups excluding carboxylic acids is 1. The van der Waals surface area contributed by atoms with Crippen LogP contribution in [-0.4, -0.2) is 32.5 Å². The van der Waals surface area contributed by atoms with Crippen LogP contribution in [0.2, 0.25) is 0 Å². The van der Waals surface area contributed by atoms with Gasteiger partial charge in [-0.1, -0.05) is 30.3 Å². The van der Waals surface area contributed by atoms with Crippen LogP contribution in [0.1, 0.15) is 48.6 Å². The summed E-state index contributed by atoms with van der Waals surface area (Å²) in [6.45, 7) is 3.02. The number of likely N-dealkylation sites (tertiary alicyclic amines) is 1. The van der Waals surface area contributed by atoms with Gasteiger partial charge in [0, 0.05) is 17.5 Å². The summed E-state index contributed by atoms with van der Waals surface area (Å²) in [4.78, 5) is 43.9. The SMILES string of the molecule is C[C@H]1CCCCN1C(=O)Cn1c(=O)n(Cc2ccccc2)c(=O)c2c3c(sc21)CCC3. The zero-order valence-corrected chi connectivity index (χ0v) is 18.6. The maximum absolute atomic E-state index is 13.5. The molecule has 1 amide bonds. The fraction of sp³-hybridized carbons (Fsp3) is 0.458. The molecule has 1 aliphatic carbocycles. The van der Waals surface area contributed by atoms with Crippen LogP contribution >= 0.6 is 11.3 Å². The average Bonchev–Trinajstić information content (AvgIpc) is 3.36. The van der Waals surface area contributed by atoms with Gasteiger partial charge in [0.05, 0.1) is 11.9 Å². The summed E-state index contributed by atoms with van der Waals surface area (Å²) in [7, 11) is 0. The minimum atomic E-state index is -0.390. The predicted octanol–water partition coefficient (Wildman–Crippen LogP) is 3.16. The van der Waals surface area contributed by atoms with Crippen LogP contribution in [0.15, 0.2) is 39.9 Å². The van der Waals surface area contributed by atoms with Crippen LogP contribution in [0.3, 0.4) is 0 Å². The van der Waals surface area contributed by atoms with E-state index >= 15 is 0 Å². The highest BCUT2D eigenvalue weighted by Crippen LogP contribution is 2.35. The fourth-order valence-electron chi connectivity index (χ4n) is 4.99. The van der Waals surface area contributed by atoms with Crippen molar-refractivity contribution in [2.45, 2.75) is 64.6 Å². The zero-order chi connectivity index (χ0) is 21.5. The number of amides is 1.